The van der Waals surface area contributed by atoms with Gasteiger partial charge < -0.3 is 10.1 Å². The lowest BCUT2D eigenvalue weighted by molar-refractivity contribution is -0.139. The molecule has 0 radical (unpaired) electrons. The van der Waals surface area contributed by atoms with Gasteiger partial charge in [0.25, 0.3) is 0 Å². The van der Waals surface area contributed by atoms with Crippen LogP contribution in [0.25, 0.3) is 0 Å². The minimum absolute atomic E-state index is 0.0563. The molecule has 0 aromatic rings. The zero-order valence-corrected chi connectivity index (χ0v) is 10.4. The van der Waals surface area contributed by atoms with E-state index in [0.29, 0.717) is 6.54 Å². The monoisotopic (exact) mass is 277 g/mol. The van der Waals surface area contributed by atoms with Crippen LogP contribution in [0.5, 0.6) is 0 Å². The van der Waals surface area contributed by atoms with Gasteiger partial charge in [0, 0.05) is 12.5 Å². The molecule has 1 unspecified atom stereocenters. The number of halogens is 1. The van der Waals surface area contributed by atoms with Crippen LogP contribution < -0.4 is 5.32 Å². The van der Waals surface area contributed by atoms with Crippen LogP contribution in [0.3, 0.4) is 0 Å². The molecule has 86 valence electrons. The fourth-order valence-corrected chi connectivity index (χ4v) is 2.08. The highest BCUT2D eigenvalue weighted by Crippen LogP contribution is 2.24. The van der Waals surface area contributed by atoms with Gasteiger partial charge in [-0.1, -0.05) is 28.8 Å². The van der Waals surface area contributed by atoms with Crippen molar-refractivity contribution < 1.29 is 14.3 Å². The van der Waals surface area contributed by atoms with Gasteiger partial charge in [-0.05, 0) is 12.8 Å². The van der Waals surface area contributed by atoms with E-state index in [4.69, 9.17) is 0 Å². The third-order valence-corrected chi connectivity index (χ3v) is 3.34. The summed E-state index contributed by atoms with van der Waals surface area (Å²) in [5.41, 5.74) is 0. The number of nitrogens with one attached hydrogen (secondary N) is 1. The first-order valence-corrected chi connectivity index (χ1v) is 6.06. The Morgan fingerprint density at radius 2 is 2.07 bits per heavy atom. The molecule has 1 rings (SSSR count). The van der Waals surface area contributed by atoms with Crippen molar-refractivity contribution in [3.05, 3.63) is 0 Å². The molecular formula is C10H16BrNO3. The zero-order chi connectivity index (χ0) is 11.3. The number of methoxy groups -OCH3 is 1. The quantitative estimate of drug-likeness (QED) is 0.621. The number of carbonyl (C=O) groups excluding carboxylic acids is 2. The number of esters is 1. The Hall–Kier alpha value is -0.580. The molecular weight excluding hydrogens is 262 g/mol. The van der Waals surface area contributed by atoms with Crippen molar-refractivity contribution in [1.82, 2.24) is 5.32 Å². The van der Waals surface area contributed by atoms with E-state index >= 15 is 0 Å². The highest BCUT2D eigenvalue weighted by atomic mass is 79.9. The number of ether oxygens (including phenoxy) is 1. The van der Waals surface area contributed by atoms with E-state index in [0.717, 1.165) is 25.7 Å². The van der Waals surface area contributed by atoms with Crippen LogP contribution in [0.2, 0.25) is 0 Å². The van der Waals surface area contributed by atoms with Crippen molar-refractivity contribution in [3.8, 4) is 0 Å². The lowest BCUT2D eigenvalue weighted by Gasteiger charge is -2.12. The summed E-state index contributed by atoms with van der Waals surface area (Å²) in [6.45, 7) is 0.294. The van der Waals surface area contributed by atoms with E-state index in [2.05, 4.69) is 26.0 Å². The summed E-state index contributed by atoms with van der Waals surface area (Å²) >= 11 is 3.15. The van der Waals surface area contributed by atoms with Crippen molar-refractivity contribution in [1.29, 1.82) is 0 Å². The third kappa shape index (κ3) is 3.81. The molecule has 0 aromatic heterocycles. The molecule has 1 atom stereocenters. The number of hydrogen-bond acceptors (Lipinski definition) is 3. The number of hydrogen-bond donors (Lipinski definition) is 1. The molecule has 5 heteroatoms. The maximum Gasteiger partial charge on any atom is 0.321 e. The van der Waals surface area contributed by atoms with Gasteiger partial charge >= 0.3 is 5.97 Å². The molecule has 1 N–H and O–H groups in total. The van der Waals surface area contributed by atoms with E-state index in [1.165, 1.54) is 7.11 Å². The van der Waals surface area contributed by atoms with E-state index in [1.54, 1.807) is 0 Å². The molecule has 0 aliphatic heterocycles. The fraction of sp³-hybridized carbons (Fsp3) is 0.800. The van der Waals surface area contributed by atoms with Crippen molar-refractivity contribution in [2.45, 2.75) is 30.5 Å². The second-order valence-electron chi connectivity index (χ2n) is 3.72. The SMILES string of the molecule is COC(=O)C(Br)CNC(=O)C1CCCC1. The Balaban J connectivity index is 2.24. The smallest absolute Gasteiger partial charge is 0.321 e. The Morgan fingerprint density at radius 3 is 2.60 bits per heavy atom. The molecule has 1 amide bonds. The molecule has 1 saturated carbocycles. The summed E-state index contributed by atoms with van der Waals surface area (Å²) in [7, 11) is 1.33. The van der Waals surface area contributed by atoms with Crippen LogP contribution in [-0.4, -0.2) is 30.4 Å². The maximum absolute atomic E-state index is 11.6. The first-order valence-electron chi connectivity index (χ1n) is 5.14. The lowest BCUT2D eigenvalue weighted by Crippen LogP contribution is -2.36. The molecule has 0 saturated heterocycles. The molecule has 15 heavy (non-hydrogen) atoms. The summed E-state index contributed by atoms with van der Waals surface area (Å²) in [6, 6.07) is 0. The molecule has 0 heterocycles. The van der Waals surface area contributed by atoms with Gasteiger partial charge in [0.15, 0.2) is 0 Å². The van der Waals surface area contributed by atoms with E-state index < -0.39 is 4.83 Å². The second kappa shape index (κ2) is 6.10. The van der Waals surface area contributed by atoms with Crippen molar-refractivity contribution >= 4 is 27.8 Å². The summed E-state index contributed by atoms with van der Waals surface area (Å²) in [4.78, 5) is 22.2. The van der Waals surface area contributed by atoms with E-state index in [-0.39, 0.29) is 17.8 Å². The fourth-order valence-electron chi connectivity index (χ4n) is 1.73. The summed E-state index contributed by atoms with van der Waals surface area (Å²) in [6.07, 6.45) is 4.20. The molecule has 4 nitrogen and oxygen atoms in total. The Morgan fingerprint density at radius 1 is 1.47 bits per heavy atom. The largest absolute Gasteiger partial charge is 0.468 e. The van der Waals surface area contributed by atoms with Gasteiger partial charge in [0.2, 0.25) is 5.91 Å². The number of alkyl halides is 1. The summed E-state index contributed by atoms with van der Waals surface area (Å²) in [5.74, 6) is -0.162. The molecule has 1 fully saturated rings. The normalized spacial score (nSPS) is 18.5. The van der Waals surface area contributed by atoms with E-state index in [9.17, 15) is 9.59 Å². The van der Waals surface area contributed by atoms with Gasteiger partial charge in [-0.25, -0.2) is 0 Å². The molecule has 1 aliphatic carbocycles. The first kappa shape index (κ1) is 12.5. The number of amides is 1. The molecule has 0 bridgehead atoms. The number of rotatable bonds is 4. The van der Waals surface area contributed by atoms with Crippen molar-refractivity contribution in [2.24, 2.45) is 5.92 Å². The lowest BCUT2D eigenvalue weighted by atomic mass is 10.1. The predicted molar refractivity (Wildman–Crippen MR) is 59.7 cm³/mol. The second-order valence-corrected chi connectivity index (χ2v) is 4.82. The first-order chi connectivity index (χ1) is 7.15. The third-order valence-electron chi connectivity index (χ3n) is 2.64. The van der Waals surface area contributed by atoms with Crippen LogP contribution in [0, 0.1) is 5.92 Å². The van der Waals surface area contributed by atoms with Gasteiger partial charge in [-0.15, -0.1) is 0 Å². The Kier molecular flexibility index (Phi) is 5.08. The highest BCUT2D eigenvalue weighted by Gasteiger charge is 2.24. The van der Waals surface area contributed by atoms with Crippen LogP contribution >= 0.6 is 15.9 Å². The summed E-state index contributed by atoms with van der Waals surface area (Å²) in [5, 5.41) is 2.75. The van der Waals surface area contributed by atoms with Crippen LogP contribution in [0.15, 0.2) is 0 Å². The molecule has 1 aliphatic rings. The minimum atomic E-state index is -0.451. The van der Waals surface area contributed by atoms with Gasteiger partial charge in [0.1, 0.15) is 4.83 Å². The summed E-state index contributed by atoms with van der Waals surface area (Å²) < 4.78 is 4.53. The van der Waals surface area contributed by atoms with Gasteiger partial charge in [0.05, 0.1) is 7.11 Å². The average Bonchev–Trinajstić information content (AvgIpc) is 2.77. The van der Waals surface area contributed by atoms with Crippen LogP contribution in [0.4, 0.5) is 0 Å². The predicted octanol–water partition coefficient (Wildman–Crippen LogP) is 1.23. The Bertz CT molecular complexity index is 239. The Labute approximate surface area is 97.9 Å². The standard InChI is InChI=1S/C10H16BrNO3/c1-15-10(14)8(11)6-12-9(13)7-4-2-3-5-7/h7-8H,2-6H2,1H3,(H,12,13). The molecule has 0 spiro atoms. The zero-order valence-electron chi connectivity index (χ0n) is 8.79. The maximum atomic E-state index is 11.6. The van der Waals surface area contributed by atoms with E-state index in [1.807, 2.05) is 0 Å². The van der Waals surface area contributed by atoms with Crippen molar-refractivity contribution in [2.75, 3.05) is 13.7 Å². The average molecular weight is 278 g/mol. The number of carbonyl (C=O) groups is 2. The minimum Gasteiger partial charge on any atom is -0.468 e. The molecule has 0 aromatic carbocycles. The topological polar surface area (TPSA) is 55.4 Å². The van der Waals surface area contributed by atoms with Crippen molar-refractivity contribution in [3.63, 3.8) is 0 Å². The van der Waals surface area contributed by atoms with Gasteiger partial charge in [-0.3, -0.25) is 9.59 Å². The van der Waals surface area contributed by atoms with Crippen LogP contribution in [0.1, 0.15) is 25.7 Å². The van der Waals surface area contributed by atoms with Gasteiger partial charge in [-0.2, -0.15) is 0 Å². The van der Waals surface area contributed by atoms with Crippen LogP contribution in [-0.2, 0) is 14.3 Å². The highest BCUT2D eigenvalue weighted by molar-refractivity contribution is 9.10.